The van der Waals surface area contributed by atoms with Crippen LogP contribution in [0.1, 0.15) is 17.5 Å². The second kappa shape index (κ2) is 6.73. The smallest absolute Gasteiger partial charge is 1.00 e. The van der Waals surface area contributed by atoms with Gasteiger partial charge in [-0.1, -0.05) is 0 Å². The molecule has 3 rings (SSSR count). The topological polar surface area (TPSA) is 0 Å². The number of allylic oxidation sites excluding steroid dienone is 5. The first kappa shape index (κ1) is 15.0. The molecule has 2 aliphatic carbocycles. The molecular formula is C14H12Cl2Zr. The average Bonchev–Trinajstić information content (AvgIpc) is 2.86. The molecule has 0 spiro atoms. The maximum absolute atomic E-state index is 2.43. The maximum atomic E-state index is 2.43. The first-order valence-electron chi connectivity index (χ1n) is 5.33. The van der Waals surface area contributed by atoms with E-state index < -0.39 is 23.2 Å². The van der Waals surface area contributed by atoms with Crippen LogP contribution in [0.15, 0.2) is 49.1 Å². The van der Waals surface area contributed by atoms with Crippen molar-refractivity contribution >= 4 is 6.08 Å². The van der Waals surface area contributed by atoms with Gasteiger partial charge in [0.1, 0.15) is 0 Å². The third kappa shape index (κ3) is 3.44. The van der Waals surface area contributed by atoms with Gasteiger partial charge in [0.15, 0.2) is 0 Å². The Morgan fingerprint density at radius 3 is 2.53 bits per heavy atom. The minimum Gasteiger partial charge on any atom is -1.00 e. The molecule has 0 N–H and O–H groups in total. The van der Waals surface area contributed by atoms with E-state index in [1.807, 2.05) is 0 Å². The van der Waals surface area contributed by atoms with E-state index >= 15 is 0 Å². The van der Waals surface area contributed by atoms with Gasteiger partial charge in [0, 0.05) is 0 Å². The molecule has 0 radical (unpaired) electrons. The van der Waals surface area contributed by atoms with E-state index in [9.17, 15) is 0 Å². The molecule has 0 saturated heterocycles. The number of fused-ring (bicyclic) bond motifs is 1. The number of hydrogen-bond donors (Lipinski definition) is 0. The summed E-state index contributed by atoms with van der Waals surface area (Å²) in [7, 11) is 0. The normalized spacial score (nSPS) is 15.1. The van der Waals surface area contributed by atoms with Gasteiger partial charge in [-0.3, -0.25) is 0 Å². The quantitative estimate of drug-likeness (QED) is 0.558. The van der Waals surface area contributed by atoms with E-state index in [0.29, 0.717) is 0 Å². The summed E-state index contributed by atoms with van der Waals surface area (Å²) in [6.07, 6.45) is 11.7. The second-order valence-corrected chi connectivity index (χ2v) is 7.77. The molecule has 0 nitrogen and oxygen atoms in total. The van der Waals surface area contributed by atoms with Gasteiger partial charge < -0.3 is 24.8 Å². The predicted octanol–water partition coefficient (Wildman–Crippen LogP) is -2.48. The maximum Gasteiger partial charge on any atom is -1.00 e. The van der Waals surface area contributed by atoms with Gasteiger partial charge in [0.05, 0.1) is 0 Å². The molecule has 86 valence electrons. The van der Waals surface area contributed by atoms with Crippen LogP contribution in [0.4, 0.5) is 0 Å². The fraction of sp³-hybridized carbons (Fsp3) is 0.143. The summed E-state index contributed by atoms with van der Waals surface area (Å²) in [6.45, 7) is 0. The standard InChI is InChI=1S/C9H7.C5H5.2ClH.Zr/c1-2-5-9-7-3-6-8(9)4-1;1-2-4-5-3-1;;;/h1-2,4-6H,7H2;1-3H,4H2;2*1H;/q;;;;+2/p-2. The summed E-state index contributed by atoms with van der Waals surface area (Å²) in [5.74, 6) is 0. The predicted molar refractivity (Wildman–Crippen MR) is 60.0 cm³/mol. The Labute approximate surface area is 126 Å². The summed E-state index contributed by atoms with van der Waals surface area (Å²) < 4.78 is 3.45. The van der Waals surface area contributed by atoms with Crippen molar-refractivity contribution in [2.45, 2.75) is 12.8 Å². The number of benzene rings is 1. The van der Waals surface area contributed by atoms with Gasteiger partial charge in [-0.25, -0.2) is 0 Å². The molecule has 0 atom stereocenters. The zero-order chi connectivity index (χ0) is 10.1. The Morgan fingerprint density at radius 1 is 1.00 bits per heavy atom. The molecule has 0 saturated carbocycles. The van der Waals surface area contributed by atoms with Gasteiger partial charge in [-0.05, 0) is 0 Å². The summed E-state index contributed by atoms with van der Waals surface area (Å²) >= 11 is -0.430. The Morgan fingerprint density at radius 2 is 1.82 bits per heavy atom. The van der Waals surface area contributed by atoms with Gasteiger partial charge in [-0.2, -0.15) is 0 Å². The Balaban J connectivity index is 0.000000722. The molecule has 0 aliphatic heterocycles. The third-order valence-corrected chi connectivity index (χ3v) is 6.14. The van der Waals surface area contributed by atoms with Crippen LogP contribution in [-0.4, -0.2) is 0 Å². The molecule has 2 aliphatic rings. The van der Waals surface area contributed by atoms with E-state index in [0.717, 1.165) is 0 Å². The summed E-state index contributed by atoms with van der Waals surface area (Å²) in [4.78, 5) is 0. The van der Waals surface area contributed by atoms with Crippen molar-refractivity contribution in [2.75, 3.05) is 0 Å². The minimum absolute atomic E-state index is 0. The zero-order valence-corrected chi connectivity index (χ0v) is 13.3. The van der Waals surface area contributed by atoms with Crippen LogP contribution >= 0.6 is 0 Å². The van der Waals surface area contributed by atoms with E-state index in [4.69, 9.17) is 0 Å². The number of rotatable bonds is 2. The molecule has 0 bridgehead atoms. The van der Waals surface area contributed by atoms with E-state index in [1.165, 1.54) is 24.0 Å². The third-order valence-electron chi connectivity index (χ3n) is 2.86. The SMILES string of the molecule is C1=CC[C]([Zr+2][C]2=Cc3ccccc3C2)=C1.[Cl-].[Cl-]. The molecule has 0 fully saturated rings. The minimum atomic E-state index is -0.430. The van der Waals surface area contributed by atoms with Crippen LogP contribution in [0, 0.1) is 0 Å². The van der Waals surface area contributed by atoms with Crippen LogP contribution in [-0.2, 0) is 29.7 Å². The van der Waals surface area contributed by atoms with Crippen molar-refractivity contribution < 1.29 is 48.0 Å². The van der Waals surface area contributed by atoms with E-state index in [1.54, 1.807) is 6.56 Å². The van der Waals surface area contributed by atoms with Crippen molar-refractivity contribution in [2.24, 2.45) is 0 Å². The first-order valence-corrected chi connectivity index (χ1v) is 7.79. The van der Waals surface area contributed by atoms with Crippen molar-refractivity contribution in [1.29, 1.82) is 0 Å². The second-order valence-electron chi connectivity index (χ2n) is 3.99. The van der Waals surface area contributed by atoms with Gasteiger partial charge >= 0.3 is 102 Å². The van der Waals surface area contributed by atoms with Crippen LogP contribution in [0.5, 0.6) is 0 Å². The van der Waals surface area contributed by atoms with Crippen LogP contribution in [0.3, 0.4) is 0 Å². The van der Waals surface area contributed by atoms with E-state index in [2.05, 4.69) is 48.6 Å². The molecule has 17 heavy (non-hydrogen) atoms. The molecule has 0 heterocycles. The molecular weight excluding hydrogens is 330 g/mol. The number of halogens is 2. The molecule has 1 aromatic rings. The van der Waals surface area contributed by atoms with Crippen molar-refractivity contribution in [1.82, 2.24) is 0 Å². The monoisotopic (exact) mass is 340 g/mol. The van der Waals surface area contributed by atoms with Crippen LogP contribution < -0.4 is 24.8 Å². The summed E-state index contributed by atoms with van der Waals surface area (Å²) in [6, 6.07) is 8.79. The fourth-order valence-electron chi connectivity index (χ4n) is 2.11. The molecule has 0 unspecified atom stereocenters. The largest absolute Gasteiger partial charge is 1.00 e. The molecule has 0 aromatic heterocycles. The van der Waals surface area contributed by atoms with Gasteiger partial charge in [0.25, 0.3) is 0 Å². The Bertz CT molecular complexity index is 487. The van der Waals surface area contributed by atoms with Gasteiger partial charge in [-0.15, -0.1) is 0 Å². The Kier molecular flexibility index (Phi) is 5.93. The van der Waals surface area contributed by atoms with Crippen molar-refractivity contribution in [3.8, 4) is 0 Å². The van der Waals surface area contributed by atoms with Crippen LogP contribution in [0.25, 0.3) is 6.08 Å². The Hall–Kier alpha value is -0.0969. The number of hydrogen-bond acceptors (Lipinski definition) is 0. The zero-order valence-electron chi connectivity index (χ0n) is 9.29. The molecule has 0 amide bonds. The van der Waals surface area contributed by atoms with Crippen LogP contribution in [0.2, 0.25) is 0 Å². The fourth-order valence-corrected chi connectivity index (χ4v) is 5.35. The van der Waals surface area contributed by atoms with E-state index in [-0.39, 0.29) is 24.8 Å². The summed E-state index contributed by atoms with van der Waals surface area (Å²) in [5.41, 5.74) is 2.99. The van der Waals surface area contributed by atoms with Gasteiger partial charge in [0.2, 0.25) is 0 Å². The first-order chi connectivity index (χ1) is 7.42. The van der Waals surface area contributed by atoms with Crippen molar-refractivity contribution in [3.05, 3.63) is 60.2 Å². The summed E-state index contributed by atoms with van der Waals surface area (Å²) in [5, 5.41) is 0. The van der Waals surface area contributed by atoms with Crippen molar-refractivity contribution in [3.63, 3.8) is 0 Å². The average molecular weight is 342 g/mol. The molecule has 3 heteroatoms. The molecule has 1 aromatic carbocycles.